The summed E-state index contributed by atoms with van der Waals surface area (Å²) in [6, 6.07) is 0.681. The number of hydrogen-bond acceptors (Lipinski definition) is 2. The van der Waals surface area contributed by atoms with Crippen molar-refractivity contribution in [2.24, 2.45) is 5.92 Å². The Morgan fingerprint density at radius 2 is 2.15 bits per heavy atom. The summed E-state index contributed by atoms with van der Waals surface area (Å²) in [6.07, 6.45) is 6.33. The van der Waals surface area contributed by atoms with Crippen LogP contribution in [0.2, 0.25) is 0 Å². The summed E-state index contributed by atoms with van der Waals surface area (Å²) in [4.78, 5) is 2.52. The molecule has 0 aromatic carbocycles. The van der Waals surface area contributed by atoms with Crippen LogP contribution >= 0.6 is 0 Å². The second kappa shape index (κ2) is 3.97. The van der Waals surface area contributed by atoms with Gasteiger partial charge in [0.05, 0.1) is 6.10 Å². The quantitative estimate of drug-likeness (QED) is 0.716. The van der Waals surface area contributed by atoms with Crippen LogP contribution in [0.15, 0.2) is 0 Å². The number of likely N-dealkylation sites (tertiary alicyclic amines) is 1. The first kappa shape index (κ1) is 9.47. The van der Waals surface area contributed by atoms with Gasteiger partial charge in [0.25, 0.3) is 0 Å². The molecule has 76 valence electrons. The van der Waals surface area contributed by atoms with E-state index in [1.54, 1.807) is 0 Å². The maximum atomic E-state index is 9.59. The van der Waals surface area contributed by atoms with Crippen molar-refractivity contribution < 1.29 is 5.11 Å². The van der Waals surface area contributed by atoms with E-state index in [1.807, 2.05) is 0 Å². The fraction of sp³-hybridized carbons (Fsp3) is 1.00. The van der Waals surface area contributed by atoms with Gasteiger partial charge in [-0.3, -0.25) is 4.90 Å². The van der Waals surface area contributed by atoms with Crippen molar-refractivity contribution in [1.82, 2.24) is 4.90 Å². The lowest BCUT2D eigenvalue weighted by Gasteiger charge is -2.23. The topological polar surface area (TPSA) is 23.5 Å². The molecule has 2 heteroatoms. The first-order valence-electron chi connectivity index (χ1n) is 5.71. The molecular weight excluding hydrogens is 162 g/mol. The number of nitrogens with zero attached hydrogens (tertiary/aromatic N) is 1. The van der Waals surface area contributed by atoms with Crippen LogP contribution in [0, 0.1) is 5.92 Å². The predicted octanol–water partition coefficient (Wildman–Crippen LogP) is 1.63. The lowest BCUT2D eigenvalue weighted by Crippen LogP contribution is -2.31. The molecule has 0 aromatic rings. The zero-order chi connectivity index (χ0) is 9.26. The van der Waals surface area contributed by atoms with Gasteiger partial charge in [-0.2, -0.15) is 0 Å². The van der Waals surface area contributed by atoms with Crippen molar-refractivity contribution in [1.29, 1.82) is 0 Å². The van der Waals surface area contributed by atoms with Gasteiger partial charge in [-0.1, -0.05) is 13.3 Å². The van der Waals surface area contributed by atoms with Gasteiger partial charge in [0.1, 0.15) is 0 Å². The highest BCUT2D eigenvalue weighted by Gasteiger charge is 2.34. The summed E-state index contributed by atoms with van der Waals surface area (Å²) in [5, 5.41) is 9.59. The molecule has 0 spiro atoms. The molecule has 0 bridgehead atoms. The SMILES string of the molecule is CCC[C@@H]1C[C@H](O)CN1CC1CC1. The van der Waals surface area contributed by atoms with Gasteiger partial charge in [-0.05, 0) is 31.6 Å². The van der Waals surface area contributed by atoms with E-state index in [9.17, 15) is 5.11 Å². The zero-order valence-corrected chi connectivity index (χ0v) is 8.58. The van der Waals surface area contributed by atoms with E-state index < -0.39 is 0 Å². The third-order valence-corrected chi connectivity index (χ3v) is 3.32. The largest absolute Gasteiger partial charge is 0.392 e. The lowest BCUT2D eigenvalue weighted by molar-refractivity contribution is 0.172. The van der Waals surface area contributed by atoms with E-state index in [-0.39, 0.29) is 6.10 Å². The normalized spacial score (nSPS) is 35.5. The van der Waals surface area contributed by atoms with E-state index in [0.29, 0.717) is 6.04 Å². The van der Waals surface area contributed by atoms with Gasteiger partial charge in [-0.25, -0.2) is 0 Å². The van der Waals surface area contributed by atoms with Crippen molar-refractivity contribution in [3.8, 4) is 0 Å². The van der Waals surface area contributed by atoms with Crippen molar-refractivity contribution in [2.45, 2.75) is 51.2 Å². The molecule has 1 N–H and O–H groups in total. The van der Waals surface area contributed by atoms with E-state index in [0.717, 1.165) is 18.9 Å². The van der Waals surface area contributed by atoms with Crippen LogP contribution in [0.4, 0.5) is 0 Å². The molecular formula is C11H21NO. The predicted molar refractivity (Wildman–Crippen MR) is 53.6 cm³/mol. The summed E-state index contributed by atoms with van der Waals surface area (Å²) in [7, 11) is 0. The third-order valence-electron chi connectivity index (χ3n) is 3.32. The molecule has 13 heavy (non-hydrogen) atoms. The molecule has 0 radical (unpaired) electrons. The Morgan fingerprint density at radius 1 is 1.38 bits per heavy atom. The Hall–Kier alpha value is -0.0800. The molecule has 2 atom stereocenters. The number of aliphatic hydroxyl groups excluding tert-OH is 1. The van der Waals surface area contributed by atoms with Crippen molar-refractivity contribution in [3.05, 3.63) is 0 Å². The fourth-order valence-corrected chi connectivity index (χ4v) is 2.45. The van der Waals surface area contributed by atoms with Gasteiger partial charge in [0.2, 0.25) is 0 Å². The van der Waals surface area contributed by atoms with Crippen molar-refractivity contribution >= 4 is 0 Å². The first-order chi connectivity index (χ1) is 6.29. The molecule has 1 saturated carbocycles. The minimum absolute atomic E-state index is 0.0460. The van der Waals surface area contributed by atoms with Gasteiger partial charge < -0.3 is 5.11 Å². The standard InChI is InChI=1S/C11H21NO/c1-2-3-10-6-11(13)8-12(10)7-9-4-5-9/h9-11,13H,2-8H2,1H3/t10-,11+/m1/s1. The molecule has 0 amide bonds. The summed E-state index contributed by atoms with van der Waals surface area (Å²) < 4.78 is 0. The first-order valence-corrected chi connectivity index (χ1v) is 5.71. The summed E-state index contributed by atoms with van der Waals surface area (Å²) in [5.41, 5.74) is 0. The average Bonchev–Trinajstić information content (AvgIpc) is 2.80. The van der Waals surface area contributed by atoms with E-state index in [2.05, 4.69) is 11.8 Å². The molecule has 1 aliphatic carbocycles. The van der Waals surface area contributed by atoms with Crippen LogP contribution in [-0.2, 0) is 0 Å². The lowest BCUT2D eigenvalue weighted by atomic mass is 10.1. The monoisotopic (exact) mass is 183 g/mol. The fourth-order valence-electron chi connectivity index (χ4n) is 2.45. The van der Waals surface area contributed by atoms with Gasteiger partial charge in [0.15, 0.2) is 0 Å². The number of aliphatic hydroxyl groups is 1. The van der Waals surface area contributed by atoms with Crippen LogP contribution in [0.25, 0.3) is 0 Å². The Balaban J connectivity index is 1.82. The van der Waals surface area contributed by atoms with Gasteiger partial charge in [0, 0.05) is 19.1 Å². The van der Waals surface area contributed by atoms with E-state index in [4.69, 9.17) is 0 Å². The molecule has 0 aromatic heterocycles. The molecule has 0 unspecified atom stereocenters. The third kappa shape index (κ3) is 2.44. The molecule has 1 saturated heterocycles. The van der Waals surface area contributed by atoms with Crippen LogP contribution < -0.4 is 0 Å². The van der Waals surface area contributed by atoms with Crippen LogP contribution in [0.1, 0.15) is 39.0 Å². The van der Waals surface area contributed by atoms with Gasteiger partial charge in [-0.15, -0.1) is 0 Å². The van der Waals surface area contributed by atoms with E-state index >= 15 is 0 Å². The highest BCUT2D eigenvalue weighted by molar-refractivity contribution is 4.88. The van der Waals surface area contributed by atoms with E-state index in [1.165, 1.54) is 32.2 Å². The number of rotatable bonds is 4. The Morgan fingerprint density at radius 3 is 2.77 bits per heavy atom. The number of hydrogen-bond donors (Lipinski definition) is 1. The maximum absolute atomic E-state index is 9.59. The van der Waals surface area contributed by atoms with Crippen LogP contribution in [0.3, 0.4) is 0 Å². The summed E-state index contributed by atoms with van der Waals surface area (Å²) in [6.45, 7) is 4.42. The second-order valence-electron chi connectivity index (χ2n) is 4.73. The average molecular weight is 183 g/mol. The molecule has 1 heterocycles. The molecule has 1 aliphatic heterocycles. The summed E-state index contributed by atoms with van der Waals surface area (Å²) >= 11 is 0. The molecule has 2 nitrogen and oxygen atoms in total. The second-order valence-corrected chi connectivity index (χ2v) is 4.73. The minimum Gasteiger partial charge on any atom is -0.392 e. The Labute approximate surface area is 80.9 Å². The minimum atomic E-state index is -0.0460. The van der Waals surface area contributed by atoms with Crippen molar-refractivity contribution in [3.63, 3.8) is 0 Å². The number of β-amino-alcohol motifs (C(OH)–C–C–N with tert-alkyl or cyclic N) is 1. The maximum Gasteiger partial charge on any atom is 0.0682 e. The molecule has 2 aliphatic rings. The van der Waals surface area contributed by atoms with Crippen molar-refractivity contribution in [2.75, 3.05) is 13.1 Å². The summed E-state index contributed by atoms with van der Waals surface area (Å²) in [5.74, 6) is 0.963. The Kier molecular flexibility index (Phi) is 2.89. The smallest absolute Gasteiger partial charge is 0.0682 e. The highest BCUT2D eigenvalue weighted by atomic mass is 16.3. The highest BCUT2D eigenvalue weighted by Crippen LogP contribution is 2.33. The van der Waals surface area contributed by atoms with Crippen LogP contribution in [0.5, 0.6) is 0 Å². The zero-order valence-electron chi connectivity index (χ0n) is 8.58. The van der Waals surface area contributed by atoms with Gasteiger partial charge >= 0.3 is 0 Å². The van der Waals surface area contributed by atoms with Crippen LogP contribution in [-0.4, -0.2) is 35.2 Å². The Bertz CT molecular complexity index is 167. The molecule has 2 fully saturated rings. The molecule has 2 rings (SSSR count).